The second kappa shape index (κ2) is 5.82. The Morgan fingerprint density at radius 3 is 2.89 bits per heavy atom. The van der Waals surface area contributed by atoms with E-state index in [-0.39, 0.29) is 16.9 Å². The number of fused-ring (bicyclic) bond motifs is 3. The topological polar surface area (TPSA) is 60.4 Å². The first-order valence-corrected chi connectivity index (χ1v) is 8.75. The summed E-state index contributed by atoms with van der Waals surface area (Å²) < 4.78 is 34.5. The molecule has 0 aliphatic carbocycles. The van der Waals surface area contributed by atoms with E-state index in [4.69, 9.17) is 4.42 Å². The predicted molar refractivity (Wildman–Crippen MR) is 97.5 cm³/mol. The van der Waals surface area contributed by atoms with E-state index in [1.165, 1.54) is 21.8 Å². The lowest BCUT2D eigenvalue weighted by Crippen LogP contribution is -2.22. The van der Waals surface area contributed by atoms with E-state index < -0.39 is 11.6 Å². The second-order valence-electron chi connectivity index (χ2n) is 5.82. The molecule has 1 aromatic carbocycles. The largest absolute Gasteiger partial charge is 0.457 e. The van der Waals surface area contributed by atoms with Gasteiger partial charge in [0, 0.05) is 18.3 Å². The molecule has 0 fully saturated rings. The number of imidazole rings is 1. The number of pyridine rings is 1. The molecule has 132 valence electrons. The summed E-state index contributed by atoms with van der Waals surface area (Å²) in [6.07, 6.45) is 3.17. The molecule has 5 nitrogen and oxygen atoms in total. The van der Waals surface area contributed by atoms with Gasteiger partial charge in [-0.1, -0.05) is 11.3 Å². The Balaban J connectivity index is 1.62. The molecule has 8 heteroatoms. The molecule has 27 heavy (non-hydrogen) atoms. The highest BCUT2D eigenvalue weighted by atomic mass is 32.1. The van der Waals surface area contributed by atoms with Gasteiger partial charge in [-0.3, -0.25) is 4.79 Å². The number of nitrogens with zero attached hydrogens (tertiary/aromatic N) is 3. The third-order valence-corrected chi connectivity index (χ3v) is 5.07. The highest BCUT2D eigenvalue weighted by Crippen LogP contribution is 2.26. The van der Waals surface area contributed by atoms with Gasteiger partial charge in [0.2, 0.25) is 0 Å². The Morgan fingerprint density at radius 2 is 2.04 bits per heavy atom. The standard InChI is InChI=1S/C19H9F2N3O2S/c20-10-3-5-12(13(21)8-10)15-6-4-11(26-15)9-16-18(25)24-17-14(2-1-7-22-17)23-19(24)27-16/h1-9H. The number of aromatic nitrogens is 3. The summed E-state index contributed by atoms with van der Waals surface area (Å²) in [5, 5.41) is 0. The molecule has 0 amide bonds. The number of benzene rings is 1. The molecule has 0 bridgehead atoms. The fourth-order valence-electron chi connectivity index (χ4n) is 2.88. The summed E-state index contributed by atoms with van der Waals surface area (Å²) in [5.41, 5.74) is 1.05. The van der Waals surface area contributed by atoms with Crippen molar-refractivity contribution < 1.29 is 13.2 Å². The Bertz CT molecular complexity index is 1430. The van der Waals surface area contributed by atoms with Crippen LogP contribution in [0.5, 0.6) is 0 Å². The van der Waals surface area contributed by atoms with Crippen molar-refractivity contribution >= 4 is 33.5 Å². The van der Waals surface area contributed by atoms with Crippen molar-refractivity contribution in [3.63, 3.8) is 0 Å². The van der Waals surface area contributed by atoms with Gasteiger partial charge in [-0.15, -0.1) is 0 Å². The maximum atomic E-state index is 13.9. The summed E-state index contributed by atoms with van der Waals surface area (Å²) >= 11 is 1.21. The Hall–Kier alpha value is -3.39. The first-order valence-electron chi connectivity index (χ1n) is 7.93. The number of hydrogen-bond donors (Lipinski definition) is 0. The van der Waals surface area contributed by atoms with Crippen molar-refractivity contribution in [1.82, 2.24) is 14.4 Å². The van der Waals surface area contributed by atoms with Crippen LogP contribution in [0.1, 0.15) is 5.76 Å². The zero-order chi connectivity index (χ0) is 18.5. The van der Waals surface area contributed by atoms with E-state index in [2.05, 4.69) is 9.97 Å². The smallest absolute Gasteiger partial charge is 0.276 e. The zero-order valence-electron chi connectivity index (χ0n) is 13.5. The highest BCUT2D eigenvalue weighted by Gasteiger charge is 2.13. The van der Waals surface area contributed by atoms with Crippen LogP contribution in [0.3, 0.4) is 0 Å². The average molecular weight is 381 g/mol. The van der Waals surface area contributed by atoms with Gasteiger partial charge in [-0.05, 0) is 36.4 Å². The van der Waals surface area contributed by atoms with Gasteiger partial charge >= 0.3 is 0 Å². The lowest BCUT2D eigenvalue weighted by atomic mass is 10.1. The lowest BCUT2D eigenvalue weighted by molar-refractivity contribution is 0.554. The van der Waals surface area contributed by atoms with Gasteiger partial charge in [0.05, 0.1) is 5.56 Å². The minimum absolute atomic E-state index is 0.148. The maximum Gasteiger partial charge on any atom is 0.276 e. The molecule has 0 N–H and O–H groups in total. The Morgan fingerprint density at radius 1 is 1.15 bits per heavy atom. The zero-order valence-corrected chi connectivity index (χ0v) is 14.3. The molecule has 4 aromatic heterocycles. The van der Waals surface area contributed by atoms with E-state index in [1.807, 2.05) is 0 Å². The highest BCUT2D eigenvalue weighted by molar-refractivity contribution is 7.15. The normalized spacial score (nSPS) is 12.4. The fourth-order valence-corrected chi connectivity index (χ4v) is 3.84. The summed E-state index contributed by atoms with van der Waals surface area (Å²) in [6.45, 7) is 0. The molecule has 0 saturated heterocycles. The van der Waals surface area contributed by atoms with E-state index in [0.717, 1.165) is 12.1 Å². The van der Waals surface area contributed by atoms with Crippen LogP contribution in [0.2, 0.25) is 0 Å². The maximum absolute atomic E-state index is 13.9. The van der Waals surface area contributed by atoms with E-state index in [0.29, 0.717) is 26.4 Å². The quantitative estimate of drug-likeness (QED) is 0.470. The molecule has 0 aliphatic rings. The molecule has 0 aliphatic heterocycles. The van der Waals surface area contributed by atoms with Crippen LogP contribution in [0.15, 0.2) is 57.9 Å². The van der Waals surface area contributed by atoms with Crippen molar-refractivity contribution in [2.45, 2.75) is 0 Å². The van der Waals surface area contributed by atoms with Gasteiger partial charge in [0.1, 0.15) is 33.2 Å². The molecule has 5 aromatic rings. The van der Waals surface area contributed by atoms with Gasteiger partial charge in [-0.25, -0.2) is 23.1 Å². The predicted octanol–water partition coefficient (Wildman–Crippen LogP) is 3.39. The van der Waals surface area contributed by atoms with Gasteiger partial charge in [0.15, 0.2) is 10.6 Å². The number of halogens is 2. The van der Waals surface area contributed by atoms with E-state index in [9.17, 15) is 13.6 Å². The Labute approximate surface area is 153 Å². The first-order chi connectivity index (χ1) is 13.1. The van der Waals surface area contributed by atoms with Crippen LogP contribution in [0.4, 0.5) is 8.78 Å². The first kappa shape index (κ1) is 15.8. The third-order valence-electron chi connectivity index (χ3n) is 4.10. The van der Waals surface area contributed by atoms with Crippen LogP contribution >= 0.6 is 11.3 Å². The van der Waals surface area contributed by atoms with E-state index in [1.54, 1.807) is 36.5 Å². The van der Waals surface area contributed by atoms with Gasteiger partial charge < -0.3 is 4.42 Å². The van der Waals surface area contributed by atoms with Crippen molar-refractivity contribution in [3.8, 4) is 11.3 Å². The summed E-state index contributed by atoms with van der Waals surface area (Å²) in [5.74, 6) is -0.742. The van der Waals surface area contributed by atoms with Crippen molar-refractivity contribution in [3.05, 3.63) is 80.9 Å². The molecule has 0 radical (unpaired) electrons. The molecule has 0 spiro atoms. The number of thiazole rings is 1. The van der Waals surface area contributed by atoms with Crippen LogP contribution < -0.4 is 10.1 Å². The van der Waals surface area contributed by atoms with E-state index >= 15 is 0 Å². The monoisotopic (exact) mass is 381 g/mol. The summed E-state index contributed by atoms with van der Waals surface area (Å²) in [4.78, 5) is 21.8. The minimum Gasteiger partial charge on any atom is -0.457 e. The molecule has 0 unspecified atom stereocenters. The molecule has 4 heterocycles. The van der Waals surface area contributed by atoms with Crippen molar-refractivity contribution in [2.24, 2.45) is 0 Å². The van der Waals surface area contributed by atoms with Gasteiger partial charge in [0.25, 0.3) is 5.56 Å². The average Bonchev–Trinajstić information content (AvgIpc) is 3.31. The lowest BCUT2D eigenvalue weighted by Gasteiger charge is -1.98. The van der Waals surface area contributed by atoms with Crippen LogP contribution in [0, 0.1) is 11.6 Å². The van der Waals surface area contributed by atoms with Crippen LogP contribution in [-0.2, 0) is 0 Å². The molecular weight excluding hydrogens is 372 g/mol. The van der Waals surface area contributed by atoms with Crippen molar-refractivity contribution in [2.75, 3.05) is 0 Å². The summed E-state index contributed by atoms with van der Waals surface area (Å²) in [7, 11) is 0. The number of furan rings is 1. The van der Waals surface area contributed by atoms with Crippen LogP contribution in [0.25, 0.3) is 33.5 Å². The minimum atomic E-state index is -0.715. The molecule has 0 atom stereocenters. The third kappa shape index (κ3) is 2.53. The molecule has 0 saturated carbocycles. The second-order valence-corrected chi connectivity index (χ2v) is 6.83. The molecule has 5 rings (SSSR count). The number of rotatable bonds is 2. The van der Waals surface area contributed by atoms with Gasteiger partial charge in [-0.2, -0.15) is 0 Å². The van der Waals surface area contributed by atoms with Crippen LogP contribution in [-0.4, -0.2) is 14.4 Å². The molecular formula is C19H9F2N3O2S. The van der Waals surface area contributed by atoms with Crippen molar-refractivity contribution in [1.29, 1.82) is 0 Å². The summed E-state index contributed by atoms with van der Waals surface area (Å²) in [6, 6.07) is 10.0. The fraction of sp³-hybridized carbons (Fsp3) is 0. The number of hydrogen-bond acceptors (Lipinski definition) is 5. The SMILES string of the molecule is O=c1c(=Cc2ccc(-c3ccc(F)cc3F)o2)sc2nc3cccnc3n12. The Kier molecular flexibility index (Phi) is 3.41.